The smallest absolute Gasteiger partial charge is 0.415 e. The van der Waals surface area contributed by atoms with Crippen LogP contribution in [0.1, 0.15) is 35.2 Å². The molecule has 0 amide bonds. The number of hydrogen-bond acceptors (Lipinski definition) is 5. The van der Waals surface area contributed by atoms with E-state index < -0.39 is 35.5 Å². The summed E-state index contributed by atoms with van der Waals surface area (Å²) in [5, 5.41) is 16.7. The minimum absolute atomic E-state index is 0.0167. The first-order chi connectivity index (χ1) is 15.9. The average molecular weight is 500 g/mol. The van der Waals surface area contributed by atoms with Gasteiger partial charge in [-0.15, -0.1) is 5.10 Å². The van der Waals surface area contributed by atoms with Crippen molar-refractivity contribution in [2.75, 3.05) is 0 Å². The molecule has 13 heteroatoms. The maximum Gasteiger partial charge on any atom is 0.425 e. The Morgan fingerprint density at radius 1 is 1.32 bits per heavy atom. The quantitative estimate of drug-likeness (QED) is 0.320. The number of ketones is 1. The molecule has 0 unspecified atom stereocenters. The van der Waals surface area contributed by atoms with Crippen molar-refractivity contribution in [1.82, 2.24) is 19.6 Å². The van der Waals surface area contributed by atoms with Gasteiger partial charge in [0.25, 0.3) is 5.88 Å². The normalized spacial score (nSPS) is 14.8. The molecular formula is C21H15ClF5N5O2. The molecule has 34 heavy (non-hydrogen) atoms. The number of nitriles is 1. The summed E-state index contributed by atoms with van der Waals surface area (Å²) in [5.41, 5.74) is -1.24. The van der Waals surface area contributed by atoms with Crippen LogP contribution in [0.2, 0.25) is 5.02 Å². The number of carbonyl (C=O) groups excluding carboxylic acids is 1. The van der Waals surface area contributed by atoms with Crippen molar-refractivity contribution >= 4 is 17.4 Å². The van der Waals surface area contributed by atoms with Crippen LogP contribution >= 0.6 is 11.6 Å². The lowest BCUT2D eigenvalue weighted by atomic mass is 9.95. The number of aromatic nitrogens is 4. The molecule has 178 valence electrons. The van der Waals surface area contributed by atoms with E-state index in [0.29, 0.717) is 24.0 Å². The third-order valence-electron chi connectivity index (χ3n) is 5.46. The van der Waals surface area contributed by atoms with E-state index in [1.54, 1.807) is 6.07 Å². The van der Waals surface area contributed by atoms with Crippen LogP contribution in [0.5, 0.6) is 5.88 Å². The van der Waals surface area contributed by atoms with E-state index in [-0.39, 0.29) is 22.8 Å². The summed E-state index contributed by atoms with van der Waals surface area (Å²) in [6, 6.07) is 6.63. The molecular weight excluding hydrogens is 485 g/mol. The Hall–Kier alpha value is -3.46. The van der Waals surface area contributed by atoms with Gasteiger partial charge in [-0.05, 0) is 30.5 Å². The Labute approximate surface area is 194 Å². The van der Waals surface area contributed by atoms with Gasteiger partial charge in [0.05, 0.1) is 22.7 Å². The highest BCUT2D eigenvalue weighted by Crippen LogP contribution is 2.49. The van der Waals surface area contributed by atoms with Gasteiger partial charge in [0.2, 0.25) is 0 Å². The number of ether oxygens (including phenoxy) is 1. The predicted octanol–water partition coefficient (Wildman–Crippen LogP) is 5.42. The van der Waals surface area contributed by atoms with Crippen LogP contribution < -0.4 is 4.74 Å². The van der Waals surface area contributed by atoms with Gasteiger partial charge in [-0.3, -0.25) is 4.79 Å². The maximum atomic E-state index is 13.6. The molecule has 1 aliphatic rings. The number of Topliss-reactive ketones (excluding diaryl/α,β-unsaturated/α-hetero) is 1. The Morgan fingerprint density at radius 3 is 2.62 bits per heavy atom. The molecule has 0 aliphatic heterocycles. The van der Waals surface area contributed by atoms with Crippen molar-refractivity contribution in [2.24, 2.45) is 12.5 Å². The van der Waals surface area contributed by atoms with Crippen molar-refractivity contribution in [3.8, 4) is 28.9 Å². The van der Waals surface area contributed by atoms with E-state index in [1.165, 1.54) is 24.5 Å². The average Bonchev–Trinajstić information content (AvgIpc) is 3.20. The lowest BCUT2D eigenvalue weighted by Crippen LogP contribution is -2.14. The number of carbonyl (C=O) groups is 1. The molecule has 2 aromatic heterocycles. The standard InChI is InChI=1S/C21H15ClF5N5O2/c1-31-18(16(21(25,26)27)17(30-31)34-19(23)24)32-9-12(8-29-32)11-2-3-14(22)13(6-11)15(33)7-20(10-28)4-5-20/h2-3,6,8-9,19H,4-5,7H2,1H3. The number of halogens is 6. The second kappa shape index (κ2) is 8.39. The van der Waals surface area contributed by atoms with Gasteiger partial charge in [0.1, 0.15) is 0 Å². The highest BCUT2D eigenvalue weighted by molar-refractivity contribution is 6.34. The van der Waals surface area contributed by atoms with Crippen molar-refractivity contribution in [2.45, 2.75) is 32.1 Å². The van der Waals surface area contributed by atoms with Gasteiger partial charge in [0, 0.05) is 30.8 Å². The maximum absolute atomic E-state index is 13.6. The van der Waals surface area contributed by atoms with Gasteiger partial charge in [-0.1, -0.05) is 17.7 Å². The molecule has 4 rings (SSSR count). The minimum atomic E-state index is -5.06. The lowest BCUT2D eigenvalue weighted by molar-refractivity contribution is -0.141. The largest absolute Gasteiger partial charge is 0.425 e. The van der Waals surface area contributed by atoms with Crippen molar-refractivity contribution in [1.29, 1.82) is 5.26 Å². The molecule has 7 nitrogen and oxygen atoms in total. The lowest BCUT2D eigenvalue weighted by Gasteiger charge is -2.10. The van der Waals surface area contributed by atoms with Gasteiger partial charge in [0.15, 0.2) is 17.2 Å². The fourth-order valence-electron chi connectivity index (χ4n) is 3.56. The number of aryl methyl sites for hydroxylation is 1. The van der Waals surface area contributed by atoms with Crippen LogP contribution in [-0.2, 0) is 13.2 Å². The Kier molecular flexibility index (Phi) is 5.85. The first kappa shape index (κ1) is 23.7. The zero-order valence-electron chi connectivity index (χ0n) is 17.4. The van der Waals surface area contributed by atoms with Gasteiger partial charge in [-0.25, -0.2) is 9.36 Å². The highest BCUT2D eigenvalue weighted by atomic mass is 35.5. The van der Waals surface area contributed by atoms with Crippen LogP contribution in [0.15, 0.2) is 30.6 Å². The second-order valence-corrected chi connectivity index (χ2v) is 8.27. The molecule has 0 bridgehead atoms. The Balaban J connectivity index is 1.71. The summed E-state index contributed by atoms with van der Waals surface area (Å²) in [6.45, 7) is -3.50. The van der Waals surface area contributed by atoms with Gasteiger partial charge < -0.3 is 4.74 Å². The van der Waals surface area contributed by atoms with Gasteiger partial charge in [-0.2, -0.15) is 32.3 Å². The van der Waals surface area contributed by atoms with E-state index >= 15 is 0 Å². The molecule has 0 atom stereocenters. The summed E-state index contributed by atoms with van der Waals surface area (Å²) in [6.07, 6.45) is -1.31. The SMILES string of the molecule is Cn1nc(OC(F)F)c(C(F)(F)F)c1-n1cc(-c2ccc(Cl)c(C(=O)CC3(C#N)CC3)c2)cn1. The topological polar surface area (TPSA) is 85.7 Å². The van der Waals surface area contributed by atoms with Crippen LogP contribution in [0.3, 0.4) is 0 Å². The van der Waals surface area contributed by atoms with E-state index in [0.717, 1.165) is 16.4 Å². The molecule has 0 N–H and O–H groups in total. The molecule has 1 fully saturated rings. The molecule has 3 aromatic rings. The molecule has 0 saturated heterocycles. The molecule has 2 heterocycles. The number of alkyl halides is 5. The molecule has 1 saturated carbocycles. The van der Waals surface area contributed by atoms with E-state index in [1.807, 2.05) is 0 Å². The number of rotatable bonds is 7. The molecule has 0 radical (unpaired) electrons. The molecule has 1 aromatic carbocycles. The summed E-state index contributed by atoms with van der Waals surface area (Å²) in [7, 11) is 1.13. The third-order valence-corrected chi connectivity index (χ3v) is 5.79. The van der Waals surface area contributed by atoms with Crippen LogP contribution in [0.4, 0.5) is 22.0 Å². The van der Waals surface area contributed by atoms with Crippen LogP contribution in [-0.4, -0.2) is 32.0 Å². The third kappa shape index (κ3) is 4.48. The monoisotopic (exact) mass is 499 g/mol. The Morgan fingerprint density at radius 2 is 2.03 bits per heavy atom. The fourth-order valence-corrected chi connectivity index (χ4v) is 3.78. The zero-order valence-corrected chi connectivity index (χ0v) is 18.2. The van der Waals surface area contributed by atoms with Crippen LogP contribution in [0, 0.1) is 16.7 Å². The van der Waals surface area contributed by atoms with Crippen molar-refractivity contribution in [3.63, 3.8) is 0 Å². The first-order valence-corrected chi connectivity index (χ1v) is 10.2. The summed E-state index contributed by atoms with van der Waals surface area (Å²) in [4.78, 5) is 12.7. The van der Waals surface area contributed by atoms with Crippen molar-refractivity contribution < 1.29 is 31.5 Å². The minimum Gasteiger partial charge on any atom is -0.415 e. The van der Waals surface area contributed by atoms with Gasteiger partial charge >= 0.3 is 12.8 Å². The predicted molar refractivity (Wildman–Crippen MR) is 109 cm³/mol. The first-order valence-electron chi connectivity index (χ1n) is 9.82. The van der Waals surface area contributed by atoms with E-state index in [9.17, 15) is 32.0 Å². The number of nitrogens with zero attached hydrogens (tertiary/aromatic N) is 5. The van der Waals surface area contributed by atoms with E-state index in [4.69, 9.17) is 11.6 Å². The zero-order chi connectivity index (χ0) is 24.8. The highest BCUT2D eigenvalue weighted by Gasteiger charge is 2.45. The van der Waals surface area contributed by atoms with Crippen LogP contribution in [0.25, 0.3) is 16.9 Å². The number of hydrogen-bond donors (Lipinski definition) is 0. The Bertz CT molecular complexity index is 1300. The molecule has 1 aliphatic carbocycles. The van der Waals surface area contributed by atoms with E-state index in [2.05, 4.69) is 21.0 Å². The number of benzene rings is 1. The molecule has 0 spiro atoms. The second-order valence-electron chi connectivity index (χ2n) is 7.86. The summed E-state index contributed by atoms with van der Waals surface area (Å²) < 4.78 is 71.7. The summed E-state index contributed by atoms with van der Waals surface area (Å²) >= 11 is 6.17. The van der Waals surface area contributed by atoms with Crippen molar-refractivity contribution in [3.05, 3.63) is 46.7 Å². The fraction of sp³-hybridized carbons (Fsp3) is 0.333. The summed E-state index contributed by atoms with van der Waals surface area (Å²) in [5.74, 6) is -2.23.